The van der Waals surface area contributed by atoms with Crippen molar-refractivity contribution in [1.29, 1.82) is 0 Å². The van der Waals surface area contributed by atoms with Crippen LogP contribution >= 0.6 is 11.6 Å². The summed E-state index contributed by atoms with van der Waals surface area (Å²) in [6, 6.07) is 14.9. The Hall–Kier alpha value is -2.00. The van der Waals surface area contributed by atoms with E-state index in [2.05, 4.69) is 5.32 Å². The Morgan fingerprint density at radius 3 is 2.63 bits per heavy atom. The summed E-state index contributed by atoms with van der Waals surface area (Å²) in [5.74, 6) is -0.201. The van der Waals surface area contributed by atoms with Crippen LogP contribution in [0.1, 0.15) is 15.9 Å². The SMILES string of the molecule is Nc1ccc(Cl)c(C(=O)NCCc2ccccc2)c1. The maximum absolute atomic E-state index is 12.0. The molecule has 0 heterocycles. The number of nitrogen functional groups attached to an aromatic ring is 1. The lowest BCUT2D eigenvalue weighted by atomic mass is 10.1. The highest BCUT2D eigenvalue weighted by Crippen LogP contribution is 2.18. The minimum Gasteiger partial charge on any atom is -0.399 e. The summed E-state index contributed by atoms with van der Waals surface area (Å²) < 4.78 is 0. The molecule has 98 valence electrons. The van der Waals surface area contributed by atoms with Crippen molar-refractivity contribution in [1.82, 2.24) is 5.32 Å². The van der Waals surface area contributed by atoms with Crippen LogP contribution in [-0.4, -0.2) is 12.5 Å². The molecule has 3 N–H and O–H groups in total. The molecule has 2 rings (SSSR count). The highest BCUT2D eigenvalue weighted by molar-refractivity contribution is 6.34. The molecule has 0 aliphatic heterocycles. The monoisotopic (exact) mass is 274 g/mol. The highest BCUT2D eigenvalue weighted by Gasteiger charge is 2.09. The van der Waals surface area contributed by atoms with Crippen LogP contribution < -0.4 is 11.1 Å². The zero-order valence-corrected chi connectivity index (χ0v) is 11.2. The van der Waals surface area contributed by atoms with Gasteiger partial charge in [0.2, 0.25) is 0 Å². The van der Waals surface area contributed by atoms with Gasteiger partial charge in [0.25, 0.3) is 5.91 Å². The van der Waals surface area contributed by atoms with Crippen LogP contribution in [0.3, 0.4) is 0 Å². The number of benzene rings is 2. The molecule has 0 unspecified atom stereocenters. The van der Waals surface area contributed by atoms with Gasteiger partial charge in [-0.25, -0.2) is 0 Å². The molecule has 0 fully saturated rings. The second-order valence-electron chi connectivity index (χ2n) is 4.23. The molecular formula is C15H15ClN2O. The third-order valence-corrected chi connectivity index (χ3v) is 3.11. The van der Waals surface area contributed by atoms with E-state index in [1.165, 1.54) is 5.56 Å². The zero-order valence-electron chi connectivity index (χ0n) is 10.4. The largest absolute Gasteiger partial charge is 0.399 e. The van der Waals surface area contributed by atoms with Crippen molar-refractivity contribution in [2.75, 3.05) is 12.3 Å². The lowest BCUT2D eigenvalue weighted by molar-refractivity contribution is 0.0954. The van der Waals surface area contributed by atoms with Crippen LogP contribution in [-0.2, 0) is 6.42 Å². The van der Waals surface area contributed by atoms with Gasteiger partial charge in [-0.3, -0.25) is 4.79 Å². The van der Waals surface area contributed by atoms with Gasteiger partial charge in [0.05, 0.1) is 10.6 Å². The molecular weight excluding hydrogens is 260 g/mol. The maximum Gasteiger partial charge on any atom is 0.252 e. The minimum absolute atomic E-state index is 0.201. The molecule has 3 nitrogen and oxygen atoms in total. The number of hydrogen-bond donors (Lipinski definition) is 2. The summed E-state index contributed by atoms with van der Waals surface area (Å²) in [5.41, 5.74) is 7.77. The first kappa shape index (κ1) is 13.4. The third kappa shape index (κ3) is 3.73. The summed E-state index contributed by atoms with van der Waals surface area (Å²) >= 11 is 5.97. The number of carbonyl (C=O) groups is 1. The molecule has 4 heteroatoms. The Morgan fingerprint density at radius 1 is 1.16 bits per heavy atom. The number of carbonyl (C=O) groups excluding carboxylic acids is 1. The van der Waals surface area contributed by atoms with Gasteiger partial charge in [-0.1, -0.05) is 41.9 Å². The molecule has 1 amide bonds. The van der Waals surface area contributed by atoms with Crippen LogP contribution in [0.25, 0.3) is 0 Å². The molecule has 0 aliphatic carbocycles. The molecule has 0 atom stereocenters. The number of nitrogens with two attached hydrogens (primary N) is 1. The van der Waals surface area contributed by atoms with Gasteiger partial charge in [0.1, 0.15) is 0 Å². The second kappa shape index (κ2) is 6.25. The predicted molar refractivity (Wildman–Crippen MR) is 78.3 cm³/mol. The Bertz CT molecular complexity index is 570. The van der Waals surface area contributed by atoms with Gasteiger partial charge in [-0.2, -0.15) is 0 Å². The number of anilines is 1. The van der Waals surface area contributed by atoms with Crippen molar-refractivity contribution in [3.8, 4) is 0 Å². The number of rotatable bonds is 4. The van der Waals surface area contributed by atoms with Crippen molar-refractivity contribution in [2.45, 2.75) is 6.42 Å². The van der Waals surface area contributed by atoms with Crippen LogP contribution in [0, 0.1) is 0 Å². The lowest BCUT2D eigenvalue weighted by Crippen LogP contribution is -2.26. The van der Waals surface area contributed by atoms with Crippen molar-refractivity contribution in [2.24, 2.45) is 0 Å². The fourth-order valence-corrected chi connectivity index (χ4v) is 1.98. The molecule has 0 saturated heterocycles. The first-order valence-electron chi connectivity index (χ1n) is 6.04. The summed E-state index contributed by atoms with van der Waals surface area (Å²) in [6.45, 7) is 0.563. The van der Waals surface area contributed by atoms with Gasteiger partial charge >= 0.3 is 0 Å². The molecule has 0 aromatic heterocycles. The molecule has 0 radical (unpaired) electrons. The van der Waals surface area contributed by atoms with Crippen LogP contribution in [0.4, 0.5) is 5.69 Å². The lowest BCUT2D eigenvalue weighted by Gasteiger charge is -2.07. The smallest absolute Gasteiger partial charge is 0.252 e. The van der Waals surface area contributed by atoms with Crippen molar-refractivity contribution in [3.05, 3.63) is 64.7 Å². The van der Waals surface area contributed by atoms with Gasteiger partial charge in [0.15, 0.2) is 0 Å². The second-order valence-corrected chi connectivity index (χ2v) is 4.64. The molecule has 0 saturated carbocycles. The quantitative estimate of drug-likeness (QED) is 0.843. The standard InChI is InChI=1S/C15H15ClN2O/c16-14-7-6-12(17)10-13(14)15(19)18-9-8-11-4-2-1-3-5-11/h1-7,10H,8-9,17H2,(H,18,19). The van der Waals surface area contributed by atoms with E-state index in [1.54, 1.807) is 18.2 Å². The van der Waals surface area contributed by atoms with E-state index in [1.807, 2.05) is 30.3 Å². The number of halogens is 1. The average molecular weight is 275 g/mol. The summed E-state index contributed by atoms with van der Waals surface area (Å²) in [5, 5.41) is 3.25. The maximum atomic E-state index is 12.0. The van der Waals surface area contributed by atoms with E-state index in [-0.39, 0.29) is 5.91 Å². The minimum atomic E-state index is -0.201. The van der Waals surface area contributed by atoms with Crippen molar-refractivity contribution < 1.29 is 4.79 Å². The molecule has 0 aliphatic rings. The van der Waals surface area contributed by atoms with Gasteiger partial charge < -0.3 is 11.1 Å². The predicted octanol–water partition coefficient (Wildman–Crippen LogP) is 2.89. The fraction of sp³-hybridized carbons (Fsp3) is 0.133. The molecule has 0 bridgehead atoms. The summed E-state index contributed by atoms with van der Waals surface area (Å²) in [7, 11) is 0. The van der Waals surface area contributed by atoms with Gasteiger partial charge in [0, 0.05) is 12.2 Å². The number of amides is 1. The normalized spacial score (nSPS) is 10.2. The summed E-state index contributed by atoms with van der Waals surface area (Å²) in [4.78, 5) is 12.0. The Labute approximate surface area is 117 Å². The first-order chi connectivity index (χ1) is 9.16. The van der Waals surface area contributed by atoms with Crippen LogP contribution in [0.5, 0.6) is 0 Å². The molecule has 19 heavy (non-hydrogen) atoms. The fourth-order valence-electron chi connectivity index (χ4n) is 1.78. The van der Waals surface area contributed by atoms with E-state index >= 15 is 0 Å². The van der Waals surface area contributed by atoms with E-state index in [0.29, 0.717) is 22.8 Å². The van der Waals surface area contributed by atoms with Gasteiger partial charge in [-0.15, -0.1) is 0 Å². The summed E-state index contributed by atoms with van der Waals surface area (Å²) in [6.07, 6.45) is 0.784. The van der Waals surface area contributed by atoms with Crippen molar-refractivity contribution >= 4 is 23.2 Å². The Kier molecular flexibility index (Phi) is 4.42. The highest BCUT2D eigenvalue weighted by atomic mass is 35.5. The topological polar surface area (TPSA) is 55.1 Å². The van der Waals surface area contributed by atoms with Gasteiger partial charge in [-0.05, 0) is 30.2 Å². The van der Waals surface area contributed by atoms with E-state index in [9.17, 15) is 4.79 Å². The number of nitrogens with one attached hydrogen (secondary N) is 1. The molecule has 0 spiro atoms. The van der Waals surface area contributed by atoms with Crippen LogP contribution in [0.15, 0.2) is 48.5 Å². The van der Waals surface area contributed by atoms with E-state index in [0.717, 1.165) is 6.42 Å². The molecule has 2 aromatic rings. The third-order valence-electron chi connectivity index (χ3n) is 2.78. The average Bonchev–Trinajstić information content (AvgIpc) is 2.42. The Balaban J connectivity index is 1.93. The van der Waals surface area contributed by atoms with Crippen molar-refractivity contribution in [3.63, 3.8) is 0 Å². The van der Waals surface area contributed by atoms with Crippen LogP contribution in [0.2, 0.25) is 5.02 Å². The molecule has 2 aromatic carbocycles. The number of hydrogen-bond acceptors (Lipinski definition) is 2. The van der Waals surface area contributed by atoms with E-state index < -0.39 is 0 Å². The van der Waals surface area contributed by atoms with E-state index in [4.69, 9.17) is 17.3 Å². The first-order valence-corrected chi connectivity index (χ1v) is 6.42. The Morgan fingerprint density at radius 2 is 1.89 bits per heavy atom. The zero-order chi connectivity index (χ0) is 13.7.